The van der Waals surface area contributed by atoms with Gasteiger partial charge in [0.1, 0.15) is 16.8 Å². The molecule has 0 N–H and O–H groups in total. The Morgan fingerprint density at radius 1 is 1.27 bits per heavy atom. The first kappa shape index (κ1) is 12.2. The van der Waals surface area contributed by atoms with Crippen molar-refractivity contribution in [1.82, 2.24) is 0 Å². The lowest BCUT2D eigenvalue weighted by Crippen LogP contribution is -2.27. The molecule has 1 aliphatic rings. The Balaban J connectivity index is 2.38. The molecule has 0 aromatic carbocycles. The largest absolute Gasteiger partial charge is 0.459 e. The molecule has 5 heteroatoms. The third kappa shape index (κ3) is 3.66. The maximum Gasteiger partial charge on any atom is 0.333 e. The number of carbonyl (C=O) groups excluding carboxylic acids is 1. The number of hydrogen-bond acceptors (Lipinski definition) is 4. The van der Waals surface area contributed by atoms with Crippen LogP contribution in [0.4, 0.5) is 0 Å². The molecule has 0 bridgehead atoms. The maximum absolute atomic E-state index is 11.2. The average molecular weight is 232 g/mol. The van der Waals surface area contributed by atoms with E-state index in [-0.39, 0.29) is 17.3 Å². The highest BCUT2D eigenvalue weighted by molar-refractivity contribution is 7.73. The SMILES string of the molecule is C=C(C)C(=O)OC1CCC([SH](=O)=O)CC1. The first-order valence-corrected chi connectivity index (χ1v) is 6.25. The molecule has 15 heavy (non-hydrogen) atoms. The van der Waals surface area contributed by atoms with Crippen molar-refractivity contribution in [3.63, 3.8) is 0 Å². The third-order valence-corrected chi connectivity index (χ3v) is 3.68. The van der Waals surface area contributed by atoms with Crippen LogP contribution in [0.25, 0.3) is 0 Å². The molecule has 0 atom stereocenters. The summed E-state index contributed by atoms with van der Waals surface area (Å²) in [6.07, 6.45) is 2.31. The minimum absolute atomic E-state index is 0.139. The lowest BCUT2D eigenvalue weighted by molar-refractivity contribution is -0.145. The molecule has 86 valence electrons. The van der Waals surface area contributed by atoms with Crippen molar-refractivity contribution in [3.05, 3.63) is 12.2 Å². The van der Waals surface area contributed by atoms with Gasteiger partial charge in [0.05, 0.1) is 5.25 Å². The monoisotopic (exact) mass is 232 g/mol. The molecule has 1 rings (SSSR count). The van der Waals surface area contributed by atoms with E-state index in [1.807, 2.05) is 0 Å². The minimum Gasteiger partial charge on any atom is -0.459 e. The van der Waals surface area contributed by atoms with E-state index in [1.165, 1.54) is 0 Å². The van der Waals surface area contributed by atoms with Crippen LogP contribution in [0.1, 0.15) is 32.6 Å². The molecule has 1 saturated carbocycles. The van der Waals surface area contributed by atoms with Gasteiger partial charge in [0.25, 0.3) is 0 Å². The predicted octanol–water partition coefficient (Wildman–Crippen LogP) is 1.03. The number of esters is 1. The van der Waals surface area contributed by atoms with Gasteiger partial charge >= 0.3 is 5.97 Å². The van der Waals surface area contributed by atoms with Crippen LogP contribution < -0.4 is 0 Å². The van der Waals surface area contributed by atoms with Crippen molar-refractivity contribution < 1.29 is 17.9 Å². The topological polar surface area (TPSA) is 60.4 Å². The highest BCUT2D eigenvalue weighted by Gasteiger charge is 2.25. The normalized spacial score (nSPS) is 26.3. The summed E-state index contributed by atoms with van der Waals surface area (Å²) in [5, 5.41) is -0.236. The molecule has 0 aromatic heterocycles. The average Bonchev–Trinajstić information content (AvgIpc) is 2.18. The summed E-state index contributed by atoms with van der Waals surface area (Å²) >= 11 is 0. The van der Waals surface area contributed by atoms with Gasteiger partial charge in [0.2, 0.25) is 0 Å². The van der Waals surface area contributed by atoms with Gasteiger partial charge < -0.3 is 4.74 Å². The number of hydrogen-bond donors (Lipinski definition) is 1. The fraction of sp³-hybridized carbons (Fsp3) is 0.700. The Hall–Kier alpha value is -0.840. The first-order chi connectivity index (χ1) is 7.00. The van der Waals surface area contributed by atoms with Crippen molar-refractivity contribution in [2.45, 2.75) is 44.0 Å². The van der Waals surface area contributed by atoms with Gasteiger partial charge in [0.15, 0.2) is 0 Å². The zero-order valence-electron chi connectivity index (χ0n) is 8.77. The van der Waals surface area contributed by atoms with Gasteiger partial charge in [-0.1, -0.05) is 6.58 Å². The summed E-state index contributed by atoms with van der Waals surface area (Å²) in [7, 11) is -2.33. The van der Waals surface area contributed by atoms with Crippen LogP contribution in [0, 0.1) is 0 Å². The van der Waals surface area contributed by atoms with Crippen molar-refractivity contribution in [3.8, 4) is 0 Å². The smallest absolute Gasteiger partial charge is 0.333 e. The molecule has 0 heterocycles. The Morgan fingerprint density at radius 3 is 2.20 bits per heavy atom. The van der Waals surface area contributed by atoms with E-state index >= 15 is 0 Å². The van der Waals surface area contributed by atoms with Crippen LogP contribution in [0.15, 0.2) is 12.2 Å². The van der Waals surface area contributed by atoms with E-state index < -0.39 is 10.7 Å². The fourth-order valence-electron chi connectivity index (χ4n) is 1.63. The fourth-order valence-corrected chi connectivity index (χ4v) is 2.35. The number of rotatable bonds is 3. The molecule has 0 radical (unpaired) electrons. The predicted molar refractivity (Wildman–Crippen MR) is 57.3 cm³/mol. The Labute approximate surface area is 91.3 Å². The number of carbonyl (C=O) groups is 1. The number of thiol groups is 1. The second-order valence-corrected chi connectivity index (χ2v) is 5.20. The second-order valence-electron chi connectivity index (χ2n) is 3.90. The van der Waals surface area contributed by atoms with Crippen LogP contribution in [0.5, 0.6) is 0 Å². The summed E-state index contributed by atoms with van der Waals surface area (Å²) < 4.78 is 26.6. The maximum atomic E-state index is 11.2. The molecule has 4 nitrogen and oxygen atoms in total. The zero-order valence-corrected chi connectivity index (χ0v) is 9.66. The van der Waals surface area contributed by atoms with Crippen molar-refractivity contribution in [2.75, 3.05) is 0 Å². The summed E-state index contributed by atoms with van der Waals surface area (Å²) in [6.45, 7) is 5.09. The molecule has 0 aliphatic heterocycles. The Kier molecular flexibility index (Phi) is 4.32. The van der Waals surface area contributed by atoms with Gasteiger partial charge in [-0.3, -0.25) is 0 Å². The molecule has 1 aliphatic carbocycles. The van der Waals surface area contributed by atoms with Crippen LogP contribution in [-0.2, 0) is 20.2 Å². The van der Waals surface area contributed by atoms with E-state index in [2.05, 4.69) is 6.58 Å². The lowest BCUT2D eigenvalue weighted by Gasteiger charge is -2.25. The summed E-state index contributed by atoms with van der Waals surface area (Å²) in [5.41, 5.74) is 0.382. The molecule has 0 unspecified atom stereocenters. The Morgan fingerprint density at radius 2 is 1.80 bits per heavy atom. The molecule has 0 aromatic rings. The van der Waals surface area contributed by atoms with E-state index in [1.54, 1.807) is 6.92 Å². The third-order valence-electron chi connectivity index (χ3n) is 2.56. The molecule has 0 saturated heterocycles. The van der Waals surface area contributed by atoms with Crippen molar-refractivity contribution in [2.24, 2.45) is 0 Å². The van der Waals surface area contributed by atoms with Crippen LogP contribution in [0.3, 0.4) is 0 Å². The molecular weight excluding hydrogens is 216 g/mol. The summed E-state index contributed by atoms with van der Waals surface area (Å²) in [4.78, 5) is 11.2. The van der Waals surface area contributed by atoms with Gasteiger partial charge in [-0.2, -0.15) is 0 Å². The van der Waals surface area contributed by atoms with Crippen molar-refractivity contribution in [1.29, 1.82) is 0 Å². The van der Waals surface area contributed by atoms with Gasteiger partial charge in [-0.15, -0.1) is 0 Å². The second kappa shape index (κ2) is 5.30. The highest BCUT2D eigenvalue weighted by atomic mass is 32.2. The van der Waals surface area contributed by atoms with E-state index in [0.29, 0.717) is 31.3 Å². The van der Waals surface area contributed by atoms with Crippen LogP contribution >= 0.6 is 0 Å². The lowest BCUT2D eigenvalue weighted by atomic mass is 9.97. The molecule has 1 fully saturated rings. The number of ether oxygens (including phenoxy) is 1. The van der Waals surface area contributed by atoms with Gasteiger partial charge in [0, 0.05) is 5.57 Å². The van der Waals surface area contributed by atoms with Crippen molar-refractivity contribution >= 4 is 16.7 Å². The molecular formula is C10H16O4S. The Bertz CT molecular complexity index is 316. The van der Waals surface area contributed by atoms with E-state index in [9.17, 15) is 13.2 Å². The van der Waals surface area contributed by atoms with Crippen LogP contribution in [0.2, 0.25) is 0 Å². The van der Waals surface area contributed by atoms with Gasteiger partial charge in [-0.05, 0) is 32.6 Å². The van der Waals surface area contributed by atoms with E-state index in [0.717, 1.165) is 0 Å². The molecule has 0 amide bonds. The van der Waals surface area contributed by atoms with Crippen LogP contribution in [-0.4, -0.2) is 25.7 Å². The highest BCUT2D eigenvalue weighted by Crippen LogP contribution is 2.23. The summed E-state index contributed by atoms with van der Waals surface area (Å²) in [5.74, 6) is -0.384. The summed E-state index contributed by atoms with van der Waals surface area (Å²) in [6, 6.07) is 0. The standard InChI is InChI=1S/C10H16O4S/c1-7(2)10(11)14-8-3-5-9(6-4-8)15(12)13/h8-9,15H,1,3-6H2,2H3. The molecule has 0 spiro atoms. The van der Waals surface area contributed by atoms with E-state index in [4.69, 9.17) is 4.74 Å². The minimum atomic E-state index is -2.33. The quantitative estimate of drug-likeness (QED) is 0.448. The zero-order chi connectivity index (χ0) is 11.4. The van der Waals surface area contributed by atoms with Gasteiger partial charge in [-0.25, -0.2) is 13.2 Å². The first-order valence-electron chi connectivity index (χ1n) is 5.00.